The molecular formula is C20H31N5S. The Morgan fingerprint density at radius 3 is 2.65 bits per heavy atom. The Morgan fingerprint density at radius 2 is 2.08 bits per heavy atom. The summed E-state index contributed by atoms with van der Waals surface area (Å²) >= 11 is 1.78. The lowest BCUT2D eigenvalue weighted by Gasteiger charge is -2.20. The fourth-order valence-corrected chi connectivity index (χ4v) is 3.70. The molecule has 26 heavy (non-hydrogen) atoms. The van der Waals surface area contributed by atoms with Gasteiger partial charge in [-0.15, -0.1) is 11.3 Å². The van der Waals surface area contributed by atoms with Crippen LogP contribution in [0.4, 0.5) is 0 Å². The summed E-state index contributed by atoms with van der Waals surface area (Å²) in [7, 11) is 0. The molecule has 142 valence electrons. The number of nitrogens with one attached hydrogen (secondary N) is 2. The van der Waals surface area contributed by atoms with Crippen molar-refractivity contribution in [2.24, 2.45) is 10.9 Å². The normalized spacial score (nSPS) is 13.1. The van der Waals surface area contributed by atoms with Crippen LogP contribution in [0.5, 0.6) is 0 Å². The van der Waals surface area contributed by atoms with Crippen LogP contribution in [-0.4, -0.2) is 35.6 Å². The van der Waals surface area contributed by atoms with Crippen molar-refractivity contribution in [2.45, 2.75) is 47.0 Å². The molecule has 0 fully saturated rings. The summed E-state index contributed by atoms with van der Waals surface area (Å²) < 4.78 is 0. The zero-order valence-electron chi connectivity index (χ0n) is 16.5. The maximum Gasteiger partial charge on any atom is 0.191 e. The van der Waals surface area contributed by atoms with Crippen LogP contribution in [0.1, 0.15) is 47.8 Å². The number of aliphatic imine (C=N–C) groups is 1. The van der Waals surface area contributed by atoms with Gasteiger partial charge in [0, 0.05) is 49.2 Å². The molecule has 5 nitrogen and oxygen atoms in total. The van der Waals surface area contributed by atoms with E-state index in [-0.39, 0.29) is 0 Å². The molecule has 2 rings (SSSR count). The van der Waals surface area contributed by atoms with Crippen molar-refractivity contribution in [3.05, 3.63) is 45.7 Å². The molecule has 2 heterocycles. The minimum absolute atomic E-state index is 0.364. The molecule has 2 aromatic rings. The fraction of sp³-hybridized carbons (Fsp3) is 0.550. The van der Waals surface area contributed by atoms with Gasteiger partial charge in [-0.25, -0.2) is 4.98 Å². The summed E-state index contributed by atoms with van der Waals surface area (Å²) in [6, 6.07) is 4.14. The van der Waals surface area contributed by atoms with E-state index in [1.54, 1.807) is 11.3 Å². The van der Waals surface area contributed by atoms with E-state index in [2.05, 4.69) is 61.3 Å². The third-order valence-electron chi connectivity index (χ3n) is 4.41. The van der Waals surface area contributed by atoms with Crippen molar-refractivity contribution in [3.8, 4) is 0 Å². The molecule has 6 heteroatoms. The SMILES string of the molecule is CCNC(=NCC(c1cccnc1)C(C)C)NCCc1nc(C)c(C)s1. The molecule has 1 unspecified atom stereocenters. The predicted octanol–water partition coefficient (Wildman–Crippen LogP) is 3.69. The number of aromatic nitrogens is 2. The zero-order chi connectivity index (χ0) is 18.9. The van der Waals surface area contributed by atoms with Gasteiger partial charge in [0.15, 0.2) is 5.96 Å². The first-order valence-electron chi connectivity index (χ1n) is 9.36. The highest BCUT2D eigenvalue weighted by atomic mass is 32.1. The second-order valence-corrected chi connectivity index (χ2v) is 8.07. The molecule has 1 atom stereocenters. The predicted molar refractivity (Wildman–Crippen MR) is 111 cm³/mol. The molecule has 0 saturated carbocycles. The smallest absolute Gasteiger partial charge is 0.191 e. The highest BCUT2D eigenvalue weighted by Crippen LogP contribution is 2.23. The highest BCUT2D eigenvalue weighted by Gasteiger charge is 2.16. The van der Waals surface area contributed by atoms with Crippen molar-refractivity contribution in [1.82, 2.24) is 20.6 Å². The van der Waals surface area contributed by atoms with E-state index >= 15 is 0 Å². The number of aryl methyl sites for hydroxylation is 2. The van der Waals surface area contributed by atoms with Crippen LogP contribution in [-0.2, 0) is 6.42 Å². The van der Waals surface area contributed by atoms with Crippen molar-refractivity contribution >= 4 is 17.3 Å². The van der Waals surface area contributed by atoms with E-state index in [9.17, 15) is 0 Å². The molecule has 0 aliphatic heterocycles. The molecule has 0 bridgehead atoms. The topological polar surface area (TPSA) is 62.2 Å². The van der Waals surface area contributed by atoms with Gasteiger partial charge in [0.2, 0.25) is 0 Å². The van der Waals surface area contributed by atoms with Gasteiger partial charge in [-0.2, -0.15) is 0 Å². The van der Waals surface area contributed by atoms with Gasteiger partial charge in [-0.05, 0) is 38.3 Å². The fourth-order valence-electron chi connectivity index (χ4n) is 2.76. The quantitative estimate of drug-likeness (QED) is 0.547. The molecule has 0 spiro atoms. The van der Waals surface area contributed by atoms with Gasteiger partial charge in [-0.1, -0.05) is 19.9 Å². The molecule has 0 radical (unpaired) electrons. The van der Waals surface area contributed by atoms with Crippen LogP contribution in [0, 0.1) is 19.8 Å². The molecule has 0 aliphatic rings. The van der Waals surface area contributed by atoms with Crippen LogP contribution in [0.25, 0.3) is 0 Å². The third kappa shape index (κ3) is 6.09. The first kappa shape index (κ1) is 20.4. The van der Waals surface area contributed by atoms with Gasteiger partial charge in [-0.3, -0.25) is 9.98 Å². The number of hydrogen-bond donors (Lipinski definition) is 2. The maximum atomic E-state index is 4.82. The number of pyridine rings is 1. The van der Waals surface area contributed by atoms with Crippen LogP contribution in [0.15, 0.2) is 29.5 Å². The average Bonchev–Trinajstić information content (AvgIpc) is 2.93. The highest BCUT2D eigenvalue weighted by molar-refractivity contribution is 7.11. The molecule has 2 N–H and O–H groups in total. The van der Waals surface area contributed by atoms with Gasteiger partial charge in [0.05, 0.1) is 10.7 Å². The number of guanidine groups is 1. The van der Waals surface area contributed by atoms with E-state index in [4.69, 9.17) is 4.99 Å². The molecule has 0 amide bonds. The minimum Gasteiger partial charge on any atom is -0.357 e. The first-order valence-corrected chi connectivity index (χ1v) is 10.2. The summed E-state index contributed by atoms with van der Waals surface area (Å²) in [6.07, 6.45) is 4.69. The lowest BCUT2D eigenvalue weighted by Crippen LogP contribution is -2.38. The Balaban J connectivity index is 1.95. The van der Waals surface area contributed by atoms with Crippen LogP contribution < -0.4 is 10.6 Å². The summed E-state index contributed by atoms with van der Waals surface area (Å²) in [5.41, 5.74) is 2.39. The third-order valence-corrected chi connectivity index (χ3v) is 5.54. The number of rotatable bonds is 8. The van der Waals surface area contributed by atoms with Gasteiger partial charge >= 0.3 is 0 Å². The average molecular weight is 374 g/mol. The van der Waals surface area contributed by atoms with Crippen molar-refractivity contribution in [2.75, 3.05) is 19.6 Å². The van der Waals surface area contributed by atoms with Crippen molar-refractivity contribution < 1.29 is 0 Å². The van der Waals surface area contributed by atoms with Gasteiger partial charge < -0.3 is 10.6 Å². The van der Waals surface area contributed by atoms with Crippen LogP contribution >= 0.6 is 11.3 Å². The van der Waals surface area contributed by atoms with Crippen molar-refractivity contribution in [3.63, 3.8) is 0 Å². The van der Waals surface area contributed by atoms with Crippen LogP contribution in [0.2, 0.25) is 0 Å². The Labute approximate surface area is 161 Å². The summed E-state index contributed by atoms with van der Waals surface area (Å²) in [5.74, 6) is 1.74. The Hall–Kier alpha value is -1.95. The molecule has 0 aliphatic carbocycles. The monoisotopic (exact) mass is 373 g/mol. The van der Waals surface area contributed by atoms with Gasteiger partial charge in [0.25, 0.3) is 0 Å². The number of nitrogens with zero attached hydrogens (tertiary/aromatic N) is 3. The molecule has 2 aromatic heterocycles. The Bertz CT molecular complexity index is 674. The Morgan fingerprint density at radius 1 is 1.27 bits per heavy atom. The van der Waals surface area contributed by atoms with E-state index < -0.39 is 0 Å². The first-order chi connectivity index (χ1) is 12.5. The Kier molecular flexibility index (Phi) is 8.04. The standard InChI is InChI=1S/C20H31N5S/c1-6-22-20(23-11-9-19-25-15(4)16(5)26-19)24-13-18(14(2)3)17-8-7-10-21-12-17/h7-8,10,12,14,18H,6,9,11,13H2,1-5H3,(H2,22,23,24). The lowest BCUT2D eigenvalue weighted by atomic mass is 9.89. The molecule has 0 saturated heterocycles. The number of thiazole rings is 1. The van der Waals surface area contributed by atoms with Crippen molar-refractivity contribution in [1.29, 1.82) is 0 Å². The molecule has 0 aromatic carbocycles. The summed E-state index contributed by atoms with van der Waals surface area (Å²) in [6.45, 7) is 13.2. The van der Waals surface area contributed by atoms with Gasteiger partial charge in [0.1, 0.15) is 0 Å². The maximum absolute atomic E-state index is 4.82. The largest absolute Gasteiger partial charge is 0.357 e. The lowest BCUT2D eigenvalue weighted by molar-refractivity contribution is 0.504. The van der Waals surface area contributed by atoms with E-state index in [0.29, 0.717) is 11.8 Å². The van der Waals surface area contributed by atoms with E-state index in [1.165, 1.54) is 15.4 Å². The van der Waals surface area contributed by atoms with E-state index in [1.807, 2.05) is 18.5 Å². The number of hydrogen-bond acceptors (Lipinski definition) is 4. The minimum atomic E-state index is 0.364. The second-order valence-electron chi connectivity index (χ2n) is 6.78. The van der Waals surface area contributed by atoms with E-state index in [0.717, 1.165) is 37.7 Å². The summed E-state index contributed by atoms with van der Waals surface area (Å²) in [5, 5.41) is 7.95. The zero-order valence-corrected chi connectivity index (χ0v) is 17.4. The summed E-state index contributed by atoms with van der Waals surface area (Å²) in [4.78, 5) is 15.0. The van der Waals surface area contributed by atoms with Crippen LogP contribution in [0.3, 0.4) is 0 Å². The molecular weight excluding hydrogens is 342 g/mol. The second kappa shape index (κ2) is 10.3.